The van der Waals surface area contributed by atoms with E-state index in [4.69, 9.17) is 0 Å². The molecule has 1 unspecified atom stereocenters. The Kier molecular flexibility index (Phi) is 4.05. The van der Waals surface area contributed by atoms with E-state index in [0.29, 0.717) is 12.6 Å². The van der Waals surface area contributed by atoms with E-state index in [2.05, 4.69) is 30.9 Å². The number of nitrogens with one attached hydrogen (secondary N) is 1. The summed E-state index contributed by atoms with van der Waals surface area (Å²) in [7, 11) is 0. The molecule has 0 saturated carbocycles. The number of fused-ring (bicyclic) bond motifs is 3. The molecular formula is C16H20N6OS. The van der Waals surface area contributed by atoms with Crippen LogP contribution < -0.4 is 10.2 Å². The van der Waals surface area contributed by atoms with Gasteiger partial charge in [0.25, 0.3) is 0 Å². The summed E-state index contributed by atoms with van der Waals surface area (Å²) < 4.78 is 3.86. The number of hydrogen-bond acceptors (Lipinski definition) is 6. The number of amides is 2. The first kappa shape index (κ1) is 15.3. The van der Waals surface area contributed by atoms with E-state index in [1.165, 1.54) is 11.5 Å². The van der Waals surface area contributed by atoms with Gasteiger partial charge in [0.05, 0.1) is 18.3 Å². The lowest BCUT2D eigenvalue weighted by molar-refractivity contribution is 0.189. The van der Waals surface area contributed by atoms with Crippen LogP contribution in [0.2, 0.25) is 0 Å². The van der Waals surface area contributed by atoms with Crippen LogP contribution in [0.4, 0.5) is 10.6 Å². The van der Waals surface area contributed by atoms with Gasteiger partial charge < -0.3 is 15.1 Å². The van der Waals surface area contributed by atoms with Crippen molar-refractivity contribution in [3.8, 4) is 0 Å². The number of pyridine rings is 1. The number of aromatic nitrogens is 3. The van der Waals surface area contributed by atoms with Crippen LogP contribution in [0.3, 0.4) is 0 Å². The fourth-order valence-electron chi connectivity index (χ4n) is 3.51. The van der Waals surface area contributed by atoms with E-state index in [1.54, 1.807) is 0 Å². The molecule has 2 amide bonds. The molecule has 0 aromatic carbocycles. The van der Waals surface area contributed by atoms with Gasteiger partial charge >= 0.3 is 6.03 Å². The predicted octanol–water partition coefficient (Wildman–Crippen LogP) is 2.19. The Morgan fingerprint density at radius 2 is 2.42 bits per heavy atom. The molecule has 1 N–H and O–H groups in total. The molecule has 2 atom stereocenters. The van der Waals surface area contributed by atoms with Gasteiger partial charge in [-0.05, 0) is 37.4 Å². The molecule has 2 aliphatic rings. The normalized spacial score (nSPS) is 21.0. The Balaban J connectivity index is 1.54. The van der Waals surface area contributed by atoms with E-state index in [9.17, 15) is 4.79 Å². The molecular weight excluding hydrogens is 324 g/mol. The van der Waals surface area contributed by atoms with E-state index < -0.39 is 0 Å². The third kappa shape index (κ3) is 2.82. The molecule has 2 aliphatic heterocycles. The topological polar surface area (TPSA) is 74.2 Å². The maximum atomic E-state index is 12.8. The lowest BCUT2D eigenvalue weighted by atomic mass is 10.2. The van der Waals surface area contributed by atoms with Gasteiger partial charge in [0, 0.05) is 36.3 Å². The average Bonchev–Trinajstić information content (AvgIpc) is 3.24. The van der Waals surface area contributed by atoms with Gasteiger partial charge in [-0.3, -0.25) is 0 Å². The van der Waals surface area contributed by atoms with E-state index >= 15 is 0 Å². The first-order valence-electron chi connectivity index (χ1n) is 8.25. The molecule has 4 rings (SSSR count). The first-order chi connectivity index (χ1) is 11.7. The van der Waals surface area contributed by atoms with Crippen molar-refractivity contribution in [1.82, 2.24) is 24.8 Å². The van der Waals surface area contributed by atoms with Crippen molar-refractivity contribution in [2.24, 2.45) is 0 Å². The highest BCUT2D eigenvalue weighted by Crippen LogP contribution is 2.31. The first-order valence-corrected chi connectivity index (χ1v) is 9.09. The molecule has 0 radical (unpaired) electrons. The van der Waals surface area contributed by atoms with E-state index in [1.807, 2.05) is 29.5 Å². The van der Waals surface area contributed by atoms with Gasteiger partial charge in [0.1, 0.15) is 5.82 Å². The smallest absolute Gasteiger partial charge is 0.318 e. The third-order valence-corrected chi connectivity index (χ3v) is 5.28. The van der Waals surface area contributed by atoms with Crippen molar-refractivity contribution in [3.05, 3.63) is 35.0 Å². The van der Waals surface area contributed by atoms with Crippen LogP contribution in [0.15, 0.2) is 23.7 Å². The van der Waals surface area contributed by atoms with Gasteiger partial charge in [0.15, 0.2) is 0 Å². The number of hydrogen-bond donors (Lipinski definition) is 1. The highest BCUT2D eigenvalue weighted by atomic mass is 32.1. The Labute approximate surface area is 144 Å². The molecule has 0 aliphatic carbocycles. The van der Waals surface area contributed by atoms with Crippen LogP contribution in [0.25, 0.3) is 0 Å². The zero-order valence-electron chi connectivity index (χ0n) is 13.6. The average molecular weight is 344 g/mol. The molecule has 2 aromatic rings. The number of carbonyl (C=O) groups excluding carboxylic acids is 1. The summed E-state index contributed by atoms with van der Waals surface area (Å²) in [4.78, 5) is 21.6. The van der Waals surface area contributed by atoms with Gasteiger partial charge in [-0.25, -0.2) is 9.78 Å². The van der Waals surface area contributed by atoms with E-state index in [0.717, 1.165) is 43.0 Å². The van der Waals surface area contributed by atoms with Crippen LogP contribution in [0, 0.1) is 0 Å². The van der Waals surface area contributed by atoms with Crippen molar-refractivity contribution < 1.29 is 4.79 Å². The zero-order chi connectivity index (χ0) is 16.5. The molecule has 8 heteroatoms. The minimum absolute atomic E-state index is 0.0564. The van der Waals surface area contributed by atoms with Crippen LogP contribution >= 0.6 is 11.5 Å². The standard InChI is InChI=1S/C16H20N6OS/c1-11(14-10-24-20-19-14)18-16(23)21-8-12-4-2-6-17-15(12)22-7-3-5-13(22)9-21/h2,4,6,10-11,13H,3,5,7-9H2,1H3,(H,18,23)/t11?,13-/m1/s1. The van der Waals surface area contributed by atoms with Gasteiger partial charge in [-0.15, -0.1) is 5.10 Å². The fraction of sp³-hybridized carbons (Fsp3) is 0.500. The molecule has 1 saturated heterocycles. The summed E-state index contributed by atoms with van der Waals surface area (Å²) >= 11 is 1.30. The second-order valence-corrected chi connectivity index (χ2v) is 6.97. The third-order valence-electron chi connectivity index (χ3n) is 4.76. The lowest BCUT2D eigenvalue weighted by Gasteiger charge is -2.27. The Morgan fingerprint density at radius 3 is 3.25 bits per heavy atom. The van der Waals surface area contributed by atoms with Crippen LogP contribution in [-0.2, 0) is 6.54 Å². The second kappa shape index (κ2) is 6.35. The zero-order valence-corrected chi connectivity index (χ0v) is 14.4. The van der Waals surface area contributed by atoms with Crippen molar-refractivity contribution in [2.45, 2.75) is 38.4 Å². The molecule has 0 spiro atoms. The number of carbonyl (C=O) groups is 1. The summed E-state index contributed by atoms with van der Waals surface area (Å²) in [5.74, 6) is 1.03. The highest BCUT2D eigenvalue weighted by molar-refractivity contribution is 7.03. The predicted molar refractivity (Wildman–Crippen MR) is 91.9 cm³/mol. The summed E-state index contributed by atoms with van der Waals surface area (Å²) in [6.45, 7) is 4.27. The summed E-state index contributed by atoms with van der Waals surface area (Å²) in [6, 6.07) is 4.15. The van der Waals surface area contributed by atoms with Crippen LogP contribution in [-0.4, -0.2) is 44.6 Å². The largest absolute Gasteiger partial charge is 0.352 e. The van der Waals surface area contributed by atoms with E-state index in [-0.39, 0.29) is 12.1 Å². The van der Waals surface area contributed by atoms with Crippen molar-refractivity contribution >= 4 is 23.4 Å². The molecule has 126 valence electrons. The Bertz CT molecular complexity index is 721. The minimum Gasteiger partial charge on any atom is -0.352 e. The quantitative estimate of drug-likeness (QED) is 0.904. The maximum Gasteiger partial charge on any atom is 0.318 e. The summed E-state index contributed by atoms with van der Waals surface area (Å²) in [5, 5.41) is 8.95. The fourth-order valence-corrected chi connectivity index (χ4v) is 4.05. The highest BCUT2D eigenvalue weighted by Gasteiger charge is 2.34. The number of anilines is 1. The van der Waals surface area contributed by atoms with Crippen molar-refractivity contribution in [3.63, 3.8) is 0 Å². The molecule has 1 fully saturated rings. The SMILES string of the molecule is CC(NC(=O)N1Cc2cccnc2N2CCC[C@@H]2C1)c1csnn1. The second-order valence-electron chi connectivity index (χ2n) is 6.36. The molecule has 7 nitrogen and oxygen atoms in total. The van der Waals surface area contributed by atoms with Crippen LogP contribution in [0.1, 0.15) is 37.1 Å². The number of rotatable bonds is 2. The van der Waals surface area contributed by atoms with Crippen molar-refractivity contribution in [1.29, 1.82) is 0 Å². The Morgan fingerprint density at radius 1 is 1.50 bits per heavy atom. The van der Waals surface area contributed by atoms with Gasteiger partial charge in [0.2, 0.25) is 0 Å². The summed E-state index contributed by atoms with van der Waals surface area (Å²) in [6.07, 6.45) is 4.09. The molecule has 4 heterocycles. The minimum atomic E-state index is -0.146. The lowest BCUT2D eigenvalue weighted by Crippen LogP contribution is -2.45. The number of urea groups is 1. The summed E-state index contributed by atoms with van der Waals surface area (Å²) in [5.41, 5.74) is 1.91. The Hall–Kier alpha value is -2.22. The molecule has 0 bridgehead atoms. The van der Waals surface area contributed by atoms with Gasteiger partial charge in [-0.1, -0.05) is 10.6 Å². The molecule has 24 heavy (non-hydrogen) atoms. The van der Waals surface area contributed by atoms with Crippen LogP contribution in [0.5, 0.6) is 0 Å². The van der Waals surface area contributed by atoms with Crippen molar-refractivity contribution in [2.75, 3.05) is 18.0 Å². The monoisotopic (exact) mass is 344 g/mol. The number of nitrogens with zero attached hydrogens (tertiary/aromatic N) is 5. The van der Waals surface area contributed by atoms with Gasteiger partial charge in [-0.2, -0.15) is 0 Å². The maximum absolute atomic E-state index is 12.8. The molecule has 2 aromatic heterocycles.